The fourth-order valence-electron chi connectivity index (χ4n) is 1.50. The maximum atomic E-state index is 10.9. The first kappa shape index (κ1) is 15.9. The number of hydrogen-bond donors (Lipinski definition) is 2. The van der Waals surface area contributed by atoms with Crippen LogP contribution >= 0.6 is 0 Å². The van der Waals surface area contributed by atoms with Gasteiger partial charge in [-0.15, -0.1) is 0 Å². The van der Waals surface area contributed by atoms with E-state index < -0.39 is 0 Å². The van der Waals surface area contributed by atoms with E-state index in [2.05, 4.69) is 30.6 Å². The van der Waals surface area contributed by atoms with Crippen molar-refractivity contribution in [1.29, 1.82) is 0 Å². The minimum absolute atomic E-state index is 0.0318. The topological polar surface area (TPSA) is 41.1 Å². The summed E-state index contributed by atoms with van der Waals surface area (Å²) in [6.45, 7) is 10.5. The van der Waals surface area contributed by atoms with Crippen molar-refractivity contribution in [1.82, 2.24) is 10.6 Å². The molecule has 0 aliphatic heterocycles. The van der Waals surface area contributed by atoms with Crippen LogP contribution in [0.1, 0.15) is 34.1 Å². The molecule has 0 fully saturated rings. The van der Waals surface area contributed by atoms with Crippen LogP contribution in [0.25, 0.3) is 0 Å². The molecule has 0 aromatic heterocycles. The summed E-state index contributed by atoms with van der Waals surface area (Å²) in [5.41, 5.74) is 1.29. The molecule has 0 spiro atoms. The summed E-state index contributed by atoms with van der Waals surface area (Å²) in [5.74, 6) is 0.394. The van der Waals surface area contributed by atoms with E-state index in [4.69, 9.17) is 0 Å². The third-order valence-corrected chi connectivity index (χ3v) is 2.61. The molecule has 1 unspecified atom stereocenters. The Balaban J connectivity index is 4.31. The van der Waals surface area contributed by atoms with Gasteiger partial charge in [0.1, 0.15) is 0 Å². The third-order valence-electron chi connectivity index (χ3n) is 2.61. The highest BCUT2D eigenvalue weighted by atomic mass is 16.1. The molecule has 0 saturated heterocycles. The smallest absolute Gasteiger partial charge is 0.216 e. The number of allylic oxidation sites excluding steroid dienone is 3. The van der Waals surface area contributed by atoms with Crippen molar-refractivity contribution in [2.45, 2.75) is 34.1 Å². The van der Waals surface area contributed by atoms with Crippen molar-refractivity contribution in [3.8, 4) is 0 Å². The first-order valence-electron chi connectivity index (χ1n) is 6.36. The summed E-state index contributed by atoms with van der Waals surface area (Å²) in [6.07, 6.45) is 7.29. The van der Waals surface area contributed by atoms with Crippen LogP contribution in [-0.2, 0) is 4.79 Å². The molecule has 98 valence electrons. The Hall–Kier alpha value is -1.09. The molecule has 2 N–H and O–H groups in total. The van der Waals surface area contributed by atoms with E-state index in [0.29, 0.717) is 12.5 Å². The SMILES string of the molecule is C/C=C\C=C(/C)C(CNCCC)CNC(C)=O. The minimum atomic E-state index is 0.0318. The minimum Gasteiger partial charge on any atom is -0.356 e. The van der Waals surface area contributed by atoms with Gasteiger partial charge in [-0.05, 0) is 26.8 Å². The normalized spacial score (nSPS) is 14.0. The Morgan fingerprint density at radius 3 is 2.53 bits per heavy atom. The second kappa shape index (κ2) is 10.1. The molecular weight excluding hydrogens is 212 g/mol. The summed E-state index contributed by atoms with van der Waals surface area (Å²) in [5, 5.41) is 6.29. The van der Waals surface area contributed by atoms with Crippen LogP contribution in [0.2, 0.25) is 0 Å². The van der Waals surface area contributed by atoms with Gasteiger partial charge in [0.2, 0.25) is 5.91 Å². The Labute approximate surface area is 105 Å². The monoisotopic (exact) mass is 238 g/mol. The highest BCUT2D eigenvalue weighted by Crippen LogP contribution is 2.09. The van der Waals surface area contributed by atoms with Crippen LogP contribution in [0.4, 0.5) is 0 Å². The van der Waals surface area contributed by atoms with Gasteiger partial charge in [0.25, 0.3) is 0 Å². The molecule has 0 aromatic carbocycles. The van der Waals surface area contributed by atoms with Crippen LogP contribution in [0.15, 0.2) is 23.8 Å². The molecule has 1 atom stereocenters. The second-order valence-electron chi connectivity index (χ2n) is 4.27. The van der Waals surface area contributed by atoms with E-state index in [0.717, 1.165) is 19.5 Å². The number of carbonyl (C=O) groups is 1. The van der Waals surface area contributed by atoms with Crippen molar-refractivity contribution >= 4 is 5.91 Å². The predicted molar refractivity (Wildman–Crippen MR) is 73.9 cm³/mol. The van der Waals surface area contributed by atoms with E-state index in [1.165, 1.54) is 5.57 Å². The molecule has 0 saturated carbocycles. The van der Waals surface area contributed by atoms with Gasteiger partial charge in [-0.1, -0.05) is 30.7 Å². The highest BCUT2D eigenvalue weighted by Gasteiger charge is 2.10. The van der Waals surface area contributed by atoms with Crippen molar-refractivity contribution < 1.29 is 4.79 Å². The summed E-state index contributed by atoms with van der Waals surface area (Å²) in [4.78, 5) is 10.9. The molecule has 17 heavy (non-hydrogen) atoms. The highest BCUT2D eigenvalue weighted by molar-refractivity contribution is 5.72. The van der Waals surface area contributed by atoms with Gasteiger partial charge in [-0.25, -0.2) is 0 Å². The third kappa shape index (κ3) is 8.69. The zero-order chi connectivity index (χ0) is 13.1. The summed E-state index contributed by atoms with van der Waals surface area (Å²) < 4.78 is 0. The first-order chi connectivity index (χ1) is 8.11. The first-order valence-corrected chi connectivity index (χ1v) is 6.36. The van der Waals surface area contributed by atoms with Crippen molar-refractivity contribution in [3.63, 3.8) is 0 Å². The van der Waals surface area contributed by atoms with Gasteiger partial charge in [0.15, 0.2) is 0 Å². The Morgan fingerprint density at radius 2 is 2.00 bits per heavy atom. The maximum Gasteiger partial charge on any atom is 0.216 e. The van der Waals surface area contributed by atoms with E-state index in [9.17, 15) is 4.79 Å². The van der Waals surface area contributed by atoms with Gasteiger partial charge in [0.05, 0.1) is 0 Å². The second-order valence-corrected chi connectivity index (χ2v) is 4.27. The molecule has 3 nitrogen and oxygen atoms in total. The lowest BCUT2D eigenvalue weighted by molar-refractivity contribution is -0.119. The summed E-state index contributed by atoms with van der Waals surface area (Å²) >= 11 is 0. The average molecular weight is 238 g/mol. The Bertz CT molecular complexity index is 269. The molecule has 0 aromatic rings. The number of carbonyl (C=O) groups excluding carboxylic acids is 1. The number of hydrogen-bond acceptors (Lipinski definition) is 2. The fourth-order valence-corrected chi connectivity index (χ4v) is 1.50. The van der Waals surface area contributed by atoms with Gasteiger partial charge < -0.3 is 10.6 Å². The lowest BCUT2D eigenvalue weighted by atomic mass is 9.99. The molecule has 3 heteroatoms. The van der Waals surface area contributed by atoms with E-state index in [1.807, 2.05) is 19.1 Å². The Morgan fingerprint density at radius 1 is 1.29 bits per heavy atom. The molecule has 0 bridgehead atoms. The quantitative estimate of drug-likeness (QED) is 0.503. The van der Waals surface area contributed by atoms with Crippen LogP contribution in [0.5, 0.6) is 0 Å². The Kier molecular flexibility index (Phi) is 9.44. The maximum absolute atomic E-state index is 10.9. The summed E-state index contributed by atoms with van der Waals surface area (Å²) in [7, 11) is 0. The molecule has 1 amide bonds. The van der Waals surface area contributed by atoms with Crippen molar-refractivity contribution in [2.24, 2.45) is 5.92 Å². The van der Waals surface area contributed by atoms with Crippen molar-refractivity contribution in [3.05, 3.63) is 23.8 Å². The standard InChI is InChI=1S/C14H26N2O/c1-5-7-8-12(3)14(10-15-9-6-2)11-16-13(4)17/h5,7-8,14-15H,6,9-11H2,1-4H3,(H,16,17)/b7-5-,12-8+. The molecule has 0 rings (SSSR count). The number of nitrogens with one attached hydrogen (secondary N) is 2. The van der Waals surface area contributed by atoms with Crippen LogP contribution in [-0.4, -0.2) is 25.5 Å². The summed E-state index contributed by atoms with van der Waals surface area (Å²) in [6, 6.07) is 0. The van der Waals surface area contributed by atoms with E-state index >= 15 is 0 Å². The average Bonchev–Trinajstić information content (AvgIpc) is 2.30. The van der Waals surface area contributed by atoms with Crippen molar-refractivity contribution in [2.75, 3.05) is 19.6 Å². The molecule has 0 heterocycles. The molecular formula is C14H26N2O. The zero-order valence-electron chi connectivity index (χ0n) is 11.5. The van der Waals surface area contributed by atoms with Gasteiger partial charge in [0, 0.05) is 25.9 Å². The van der Waals surface area contributed by atoms with Gasteiger partial charge in [-0.3, -0.25) is 4.79 Å². The van der Waals surface area contributed by atoms with Crippen LogP contribution < -0.4 is 10.6 Å². The number of rotatable bonds is 8. The lowest BCUT2D eigenvalue weighted by Crippen LogP contribution is -2.34. The van der Waals surface area contributed by atoms with E-state index in [-0.39, 0.29) is 5.91 Å². The largest absolute Gasteiger partial charge is 0.356 e. The number of amides is 1. The van der Waals surface area contributed by atoms with Gasteiger partial charge in [-0.2, -0.15) is 0 Å². The van der Waals surface area contributed by atoms with Gasteiger partial charge >= 0.3 is 0 Å². The predicted octanol–water partition coefficient (Wildman–Crippen LogP) is 2.26. The molecule has 0 aliphatic rings. The fraction of sp³-hybridized carbons (Fsp3) is 0.643. The van der Waals surface area contributed by atoms with E-state index in [1.54, 1.807) is 6.92 Å². The van der Waals surface area contributed by atoms with Crippen LogP contribution in [0.3, 0.4) is 0 Å². The molecule has 0 radical (unpaired) electrons. The molecule has 0 aliphatic carbocycles. The lowest BCUT2D eigenvalue weighted by Gasteiger charge is -2.18. The zero-order valence-corrected chi connectivity index (χ0v) is 11.5. The van der Waals surface area contributed by atoms with Crippen LogP contribution in [0, 0.1) is 5.92 Å².